The Morgan fingerprint density at radius 1 is 0.941 bits per heavy atom. The van der Waals surface area contributed by atoms with E-state index in [0.717, 1.165) is 21.9 Å². The van der Waals surface area contributed by atoms with Gasteiger partial charge in [0.25, 0.3) is 0 Å². The van der Waals surface area contributed by atoms with E-state index in [2.05, 4.69) is 21.9 Å². The molecule has 0 radical (unpaired) electrons. The molecule has 0 spiro atoms. The Morgan fingerprint density at radius 3 is 2.47 bits per heavy atom. The second-order valence-corrected chi connectivity index (χ2v) is 7.31. The van der Waals surface area contributed by atoms with Crippen LogP contribution in [0.4, 0.5) is 10.1 Å². The number of rotatable bonds is 5. The Morgan fingerprint density at radius 2 is 1.71 bits per heavy atom. The van der Waals surface area contributed by atoms with Crippen LogP contribution in [0.1, 0.15) is 26.5 Å². The molecule has 0 saturated heterocycles. The van der Waals surface area contributed by atoms with Gasteiger partial charge in [-0.2, -0.15) is 15.3 Å². The Balaban J connectivity index is 0.00000133. The molecule has 0 N–H and O–H groups in total. The summed E-state index contributed by atoms with van der Waals surface area (Å²) in [5.41, 5.74) is 4.71. The van der Waals surface area contributed by atoms with Gasteiger partial charge in [-0.15, -0.1) is 0 Å². The second kappa shape index (κ2) is 10.1. The van der Waals surface area contributed by atoms with E-state index in [4.69, 9.17) is 4.42 Å². The molecule has 0 saturated carbocycles. The number of aromatic nitrogens is 1. The quantitative estimate of drug-likeness (QED) is 0.203. The first-order valence-corrected chi connectivity index (χ1v) is 11.1. The fourth-order valence-electron chi connectivity index (χ4n) is 3.76. The van der Waals surface area contributed by atoms with Crippen LogP contribution < -0.4 is 5.12 Å². The molecule has 170 valence electrons. The molecule has 0 aliphatic carbocycles. The van der Waals surface area contributed by atoms with Crippen LogP contribution in [0.2, 0.25) is 0 Å². The zero-order valence-corrected chi connectivity index (χ0v) is 19.4. The maximum Gasteiger partial charge on any atom is 0.143 e. The molecular formula is C28H25FN4O. The molecule has 0 aliphatic heterocycles. The summed E-state index contributed by atoms with van der Waals surface area (Å²) in [5.74, 6) is -0.412. The number of hydrogen-bond donors (Lipinski definition) is 0. The van der Waals surface area contributed by atoms with Crippen LogP contribution in [-0.2, 0) is 0 Å². The first-order chi connectivity index (χ1) is 16.6. The summed E-state index contributed by atoms with van der Waals surface area (Å²) in [6.07, 6.45) is 1.69. The van der Waals surface area contributed by atoms with E-state index in [-0.39, 0.29) is 0 Å². The number of hydrogen-bond acceptors (Lipinski definition) is 5. The smallest absolute Gasteiger partial charge is 0.143 e. The summed E-state index contributed by atoms with van der Waals surface area (Å²) in [6.45, 7) is 9.42. The third-order valence-electron chi connectivity index (χ3n) is 5.24. The SMILES string of the molecule is C=NN(/N=C(\C)c1ccccn1)c1cc(F)cc(-c2cccc3c2oc2ccccc23)c1.CC. The average Bonchev–Trinajstić information content (AvgIpc) is 3.27. The average molecular weight is 453 g/mol. The number of halogens is 1. The summed E-state index contributed by atoms with van der Waals surface area (Å²) in [4.78, 5) is 4.29. The van der Waals surface area contributed by atoms with Crippen molar-refractivity contribution in [3.8, 4) is 11.1 Å². The van der Waals surface area contributed by atoms with Crippen molar-refractivity contribution in [1.82, 2.24) is 4.98 Å². The van der Waals surface area contributed by atoms with Crippen molar-refractivity contribution in [2.45, 2.75) is 20.8 Å². The fraction of sp³-hybridized carbons (Fsp3) is 0.107. The Bertz CT molecular complexity index is 1470. The number of nitrogens with zero attached hydrogens (tertiary/aromatic N) is 4. The lowest BCUT2D eigenvalue weighted by Crippen LogP contribution is -2.12. The van der Waals surface area contributed by atoms with E-state index in [1.165, 1.54) is 17.3 Å². The molecule has 3 aromatic carbocycles. The minimum Gasteiger partial charge on any atom is -0.455 e. The minimum atomic E-state index is -0.412. The molecule has 2 heterocycles. The standard InChI is InChI=1S/C26H19FN4O.C2H6/c1-17(24-11-5-6-13-29-24)30-31(28-2)20-15-18(14-19(27)16-20)21-9-7-10-23-22-8-3-4-12-25(22)32-26(21)23;1-2/h3-16H,2H2,1H3;1-2H3/b30-17+;. The highest BCUT2D eigenvalue weighted by atomic mass is 19.1. The molecule has 0 unspecified atom stereocenters. The minimum absolute atomic E-state index is 0.412. The number of furan rings is 1. The van der Waals surface area contributed by atoms with E-state index in [0.29, 0.717) is 28.2 Å². The van der Waals surface area contributed by atoms with Gasteiger partial charge in [0.2, 0.25) is 0 Å². The summed E-state index contributed by atoms with van der Waals surface area (Å²) < 4.78 is 20.8. The lowest BCUT2D eigenvalue weighted by molar-refractivity contribution is 0.627. The first-order valence-electron chi connectivity index (χ1n) is 11.1. The molecule has 34 heavy (non-hydrogen) atoms. The topological polar surface area (TPSA) is 54.0 Å². The van der Waals surface area contributed by atoms with Gasteiger partial charge in [0.1, 0.15) is 17.0 Å². The summed E-state index contributed by atoms with van der Waals surface area (Å²) >= 11 is 0. The van der Waals surface area contributed by atoms with Crippen molar-refractivity contribution in [3.05, 3.63) is 96.6 Å². The predicted octanol–water partition coefficient (Wildman–Crippen LogP) is 7.66. The molecule has 5 rings (SSSR count). The van der Waals surface area contributed by atoms with Crippen molar-refractivity contribution in [2.24, 2.45) is 10.2 Å². The highest BCUT2D eigenvalue weighted by Gasteiger charge is 2.15. The lowest BCUT2D eigenvalue weighted by atomic mass is 10.0. The maximum atomic E-state index is 14.7. The fourth-order valence-corrected chi connectivity index (χ4v) is 3.76. The lowest BCUT2D eigenvalue weighted by Gasteiger charge is -2.15. The van der Waals surface area contributed by atoms with E-state index in [1.807, 2.05) is 87.5 Å². The van der Waals surface area contributed by atoms with Crippen LogP contribution in [-0.4, -0.2) is 17.4 Å². The van der Waals surface area contributed by atoms with Crippen molar-refractivity contribution >= 4 is 40.1 Å². The number of fused-ring (bicyclic) bond motifs is 3. The van der Waals surface area contributed by atoms with Gasteiger partial charge < -0.3 is 4.42 Å². The van der Waals surface area contributed by atoms with E-state index in [1.54, 1.807) is 6.20 Å². The number of pyridine rings is 1. The van der Waals surface area contributed by atoms with E-state index in [9.17, 15) is 4.39 Å². The van der Waals surface area contributed by atoms with Crippen molar-refractivity contribution in [2.75, 3.05) is 5.12 Å². The van der Waals surface area contributed by atoms with Gasteiger partial charge in [0.05, 0.1) is 17.1 Å². The highest BCUT2D eigenvalue weighted by molar-refractivity contribution is 6.09. The summed E-state index contributed by atoms with van der Waals surface area (Å²) in [6, 6.07) is 23.9. The predicted molar refractivity (Wildman–Crippen MR) is 139 cm³/mol. The summed E-state index contributed by atoms with van der Waals surface area (Å²) in [5, 5.41) is 11.8. The van der Waals surface area contributed by atoms with Gasteiger partial charge >= 0.3 is 0 Å². The van der Waals surface area contributed by atoms with Crippen LogP contribution in [0.3, 0.4) is 0 Å². The summed E-state index contributed by atoms with van der Waals surface area (Å²) in [7, 11) is 0. The molecular weight excluding hydrogens is 427 g/mol. The normalized spacial score (nSPS) is 11.2. The Hall–Kier alpha value is -4.32. The van der Waals surface area contributed by atoms with Gasteiger partial charge in [-0.05, 0) is 42.8 Å². The molecule has 0 aliphatic rings. The first kappa shape index (κ1) is 22.9. The number of anilines is 1. The highest BCUT2D eigenvalue weighted by Crippen LogP contribution is 2.37. The number of benzene rings is 3. The van der Waals surface area contributed by atoms with Crippen LogP contribution in [0.25, 0.3) is 33.1 Å². The molecule has 0 fully saturated rings. The molecule has 5 aromatic rings. The van der Waals surface area contributed by atoms with Crippen molar-refractivity contribution < 1.29 is 8.81 Å². The molecule has 0 bridgehead atoms. The largest absolute Gasteiger partial charge is 0.455 e. The zero-order chi connectivity index (χ0) is 24.1. The zero-order valence-electron chi connectivity index (χ0n) is 19.4. The van der Waals surface area contributed by atoms with Crippen LogP contribution in [0, 0.1) is 5.82 Å². The van der Waals surface area contributed by atoms with Gasteiger partial charge in [0, 0.05) is 35.3 Å². The number of hydrazone groups is 2. The molecule has 5 nitrogen and oxygen atoms in total. The van der Waals surface area contributed by atoms with Crippen LogP contribution in [0.5, 0.6) is 0 Å². The third-order valence-corrected chi connectivity index (χ3v) is 5.24. The van der Waals surface area contributed by atoms with E-state index >= 15 is 0 Å². The molecule has 0 amide bonds. The molecule has 6 heteroatoms. The maximum absolute atomic E-state index is 14.7. The second-order valence-electron chi connectivity index (χ2n) is 7.31. The van der Waals surface area contributed by atoms with Gasteiger partial charge in [-0.3, -0.25) is 4.98 Å². The van der Waals surface area contributed by atoms with Crippen LogP contribution >= 0.6 is 0 Å². The van der Waals surface area contributed by atoms with Gasteiger partial charge in [-0.1, -0.05) is 56.3 Å². The number of para-hydroxylation sites is 2. The third kappa shape index (κ3) is 4.43. The van der Waals surface area contributed by atoms with Crippen molar-refractivity contribution in [1.29, 1.82) is 0 Å². The Kier molecular flexibility index (Phi) is 6.78. The van der Waals surface area contributed by atoms with Gasteiger partial charge in [-0.25, -0.2) is 4.39 Å². The van der Waals surface area contributed by atoms with E-state index < -0.39 is 5.82 Å². The molecule has 0 atom stereocenters. The molecule has 2 aromatic heterocycles. The van der Waals surface area contributed by atoms with Gasteiger partial charge in [0.15, 0.2) is 0 Å². The van der Waals surface area contributed by atoms with Crippen LogP contribution in [0.15, 0.2) is 99.7 Å². The monoisotopic (exact) mass is 452 g/mol. The Labute approximate surface area is 197 Å². The van der Waals surface area contributed by atoms with Crippen molar-refractivity contribution in [3.63, 3.8) is 0 Å².